The zero-order valence-electron chi connectivity index (χ0n) is 21.8. The minimum Gasteiger partial charge on any atom is -0.497 e. The minimum absolute atomic E-state index is 0.163. The average Bonchev–Trinajstić information content (AvgIpc) is 2.91. The number of methoxy groups -OCH3 is 1. The predicted molar refractivity (Wildman–Crippen MR) is 147 cm³/mol. The van der Waals surface area contributed by atoms with E-state index in [1.54, 1.807) is 43.5 Å². The lowest BCUT2D eigenvalue weighted by molar-refractivity contribution is -0.107. The summed E-state index contributed by atoms with van der Waals surface area (Å²) in [6.07, 6.45) is 3.49. The fraction of sp³-hybridized carbons (Fsp3) is 0.345. The second-order valence-electron chi connectivity index (χ2n) is 9.04. The van der Waals surface area contributed by atoms with E-state index in [0.717, 1.165) is 62.3 Å². The molecule has 7 nitrogen and oxygen atoms in total. The number of ether oxygens (including phenoxy) is 1. The van der Waals surface area contributed by atoms with Gasteiger partial charge in [-0.15, -0.1) is 0 Å². The predicted octanol–water partition coefficient (Wildman–Crippen LogP) is 4.73. The van der Waals surface area contributed by atoms with Crippen LogP contribution >= 0.6 is 0 Å². The standard InChI is InChI=1S/C18H22N2O3S.C11H14O2/c1-15-3-9-18(10-4-15)24(21,22)23-17-7-5-16(6-8-17)20-13-11-19(2)12-14-20;1-13-11-7-5-10(6-8-11)4-2-3-9-12/h3-10H,11-14H2,1-2H3;5-9H,2-4H2,1H3. The van der Waals surface area contributed by atoms with Crippen molar-refractivity contribution in [2.24, 2.45) is 0 Å². The fourth-order valence-electron chi connectivity index (χ4n) is 3.84. The third-order valence-electron chi connectivity index (χ3n) is 6.17. The molecular weight excluding hydrogens is 488 g/mol. The van der Waals surface area contributed by atoms with Crippen molar-refractivity contribution in [2.45, 2.75) is 31.1 Å². The molecule has 1 saturated heterocycles. The maximum absolute atomic E-state index is 12.3. The maximum Gasteiger partial charge on any atom is 0.339 e. The highest BCUT2D eigenvalue weighted by Crippen LogP contribution is 2.23. The Morgan fingerprint density at radius 2 is 1.43 bits per heavy atom. The number of rotatable bonds is 9. The molecule has 0 amide bonds. The normalized spacial score (nSPS) is 13.9. The van der Waals surface area contributed by atoms with Crippen molar-refractivity contribution in [1.82, 2.24) is 4.90 Å². The Labute approximate surface area is 220 Å². The maximum atomic E-state index is 12.3. The molecule has 0 saturated carbocycles. The summed E-state index contributed by atoms with van der Waals surface area (Å²) >= 11 is 0. The van der Waals surface area contributed by atoms with Gasteiger partial charge in [-0.2, -0.15) is 8.42 Å². The van der Waals surface area contributed by atoms with Gasteiger partial charge in [0.25, 0.3) is 0 Å². The van der Waals surface area contributed by atoms with Crippen LogP contribution < -0.4 is 13.8 Å². The monoisotopic (exact) mass is 524 g/mol. The van der Waals surface area contributed by atoms with Crippen LogP contribution in [-0.4, -0.2) is 59.9 Å². The SMILES string of the molecule is COc1ccc(CCCC=O)cc1.Cc1ccc(S(=O)(=O)Oc2ccc(N3CCN(C)CC3)cc2)cc1. The second kappa shape index (κ2) is 13.8. The molecule has 0 spiro atoms. The van der Waals surface area contributed by atoms with Gasteiger partial charge in [-0.1, -0.05) is 29.8 Å². The van der Waals surface area contributed by atoms with E-state index in [0.29, 0.717) is 12.2 Å². The first-order valence-electron chi connectivity index (χ1n) is 12.4. The first-order valence-corrected chi connectivity index (χ1v) is 13.8. The summed E-state index contributed by atoms with van der Waals surface area (Å²) in [7, 11) is -0.0259. The van der Waals surface area contributed by atoms with Crippen LogP contribution in [0.1, 0.15) is 24.0 Å². The number of anilines is 1. The molecule has 0 aliphatic carbocycles. The van der Waals surface area contributed by atoms with Gasteiger partial charge in [-0.3, -0.25) is 0 Å². The molecule has 0 bridgehead atoms. The van der Waals surface area contributed by atoms with Gasteiger partial charge < -0.3 is 23.5 Å². The second-order valence-corrected chi connectivity index (χ2v) is 10.6. The average molecular weight is 525 g/mol. The highest BCUT2D eigenvalue weighted by Gasteiger charge is 2.18. The van der Waals surface area contributed by atoms with Gasteiger partial charge in [0.15, 0.2) is 0 Å². The number of aldehydes is 1. The zero-order chi connectivity index (χ0) is 26.7. The van der Waals surface area contributed by atoms with Gasteiger partial charge in [0.05, 0.1) is 7.11 Å². The lowest BCUT2D eigenvalue weighted by Crippen LogP contribution is -2.44. The lowest BCUT2D eigenvalue weighted by Gasteiger charge is -2.34. The summed E-state index contributed by atoms with van der Waals surface area (Å²) in [6.45, 7) is 5.91. The number of aryl methyl sites for hydroxylation is 2. The first-order chi connectivity index (χ1) is 17.8. The number of likely N-dealkylation sites (N-methyl/N-ethyl adjacent to an activating group) is 1. The number of carbonyl (C=O) groups excluding carboxylic acids is 1. The smallest absolute Gasteiger partial charge is 0.339 e. The van der Waals surface area contributed by atoms with E-state index in [1.165, 1.54) is 5.56 Å². The van der Waals surface area contributed by atoms with Crippen molar-refractivity contribution in [2.75, 3.05) is 45.2 Å². The molecule has 1 aliphatic rings. The fourth-order valence-corrected chi connectivity index (χ4v) is 4.77. The van der Waals surface area contributed by atoms with E-state index in [-0.39, 0.29) is 4.90 Å². The van der Waals surface area contributed by atoms with Crippen LogP contribution in [0.5, 0.6) is 11.5 Å². The molecule has 3 aromatic carbocycles. The Bertz CT molecular complexity index is 1200. The molecule has 37 heavy (non-hydrogen) atoms. The van der Waals surface area contributed by atoms with Crippen LogP contribution in [0, 0.1) is 6.92 Å². The van der Waals surface area contributed by atoms with Crippen LogP contribution in [0.3, 0.4) is 0 Å². The van der Waals surface area contributed by atoms with Crippen LogP contribution in [-0.2, 0) is 21.3 Å². The van der Waals surface area contributed by atoms with E-state index in [2.05, 4.69) is 16.8 Å². The van der Waals surface area contributed by atoms with Crippen molar-refractivity contribution in [3.05, 3.63) is 83.9 Å². The molecule has 1 fully saturated rings. The molecule has 0 radical (unpaired) electrons. The largest absolute Gasteiger partial charge is 0.497 e. The van der Waals surface area contributed by atoms with Crippen LogP contribution in [0.4, 0.5) is 5.69 Å². The van der Waals surface area contributed by atoms with Crippen LogP contribution in [0.2, 0.25) is 0 Å². The molecule has 0 aromatic heterocycles. The molecule has 0 N–H and O–H groups in total. The molecule has 1 heterocycles. The molecular formula is C29H36N2O5S. The van der Waals surface area contributed by atoms with Gasteiger partial charge in [0.2, 0.25) is 0 Å². The number of hydrogen-bond acceptors (Lipinski definition) is 7. The molecule has 0 atom stereocenters. The summed E-state index contributed by atoms with van der Waals surface area (Å²) in [5.74, 6) is 1.20. The Kier molecular flexibility index (Phi) is 10.5. The third-order valence-corrected chi connectivity index (χ3v) is 7.43. The van der Waals surface area contributed by atoms with E-state index >= 15 is 0 Å². The van der Waals surface area contributed by atoms with E-state index in [1.807, 2.05) is 43.3 Å². The Balaban J connectivity index is 0.000000248. The van der Waals surface area contributed by atoms with Gasteiger partial charge in [-0.05, 0) is 80.9 Å². The summed E-state index contributed by atoms with van der Waals surface area (Å²) in [6, 6.07) is 21.8. The zero-order valence-corrected chi connectivity index (χ0v) is 22.6. The van der Waals surface area contributed by atoms with Crippen molar-refractivity contribution in [1.29, 1.82) is 0 Å². The molecule has 0 unspecified atom stereocenters. The quantitative estimate of drug-likeness (QED) is 0.228. The van der Waals surface area contributed by atoms with E-state index < -0.39 is 10.1 Å². The number of piperazine rings is 1. The van der Waals surface area contributed by atoms with Crippen LogP contribution in [0.25, 0.3) is 0 Å². The van der Waals surface area contributed by atoms with Crippen molar-refractivity contribution >= 4 is 22.1 Å². The van der Waals surface area contributed by atoms with Gasteiger partial charge >= 0.3 is 10.1 Å². The number of unbranched alkanes of at least 4 members (excludes halogenated alkanes) is 1. The Morgan fingerprint density at radius 1 is 0.838 bits per heavy atom. The summed E-state index contributed by atoms with van der Waals surface area (Å²) < 4.78 is 34.9. The van der Waals surface area contributed by atoms with E-state index in [4.69, 9.17) is 8.92 Å². The summed E-state index contributed by atoms with van der Waals surface area (Å²) in [4.78, 5) is 14.8. The van der Waals surface area contributed by atoms with Crippen molar-refractivity contribution < 1.29 is 22.1 Å². The topological polar surface area (TPSA) is 76.1 Å². The van der Waals surface area contributed by atoms with Crippen molar-refractivity contribution in [3.63, 3.8) is 0 Å². The highest BCUT2D eigenvalue weighted by atomic mass is 32.2. The highest BCUT2D eigenvalue weighted by molar-refractivity contribution is 7.87. The number of nitrogens with zero attached hydrogens (tertiary/aromatic N) is 2. The summed E-state index contributed by atoms with van der Waals surface area (Å²) in [5.41, 5.74) is 3.34. The minimum atomic E-state index is -3.80. The van der Waals surface area contributed by atoms with E-state index in [9.17, 15) is 13.2 Å². The molecule has 3 aromatic rings. The Morgan fingerprint density at radius 3 is 2.00 bits per heavy atom. The Hall–Kier alpha value is -3.36. The third kappa shape index (κ3) is 8.91. The molecule has 8 heteroatoms. The number of hydrogen-bond donors (Lipinski definition) is 0. The lowest BCUT2D eigenvalue weighted by atomic mass is 10.1. The van der Waals surface area contributed by atoms with Crippen molar-refractivity contribution in [3.8, 4) is 11.5 Å². The molecule has 198 valence electrons. The van der Waals surface area contributed by atoms with Gasteiger partial charge in [-0.25, -0.2) is 0 Å². The number of carbonyl (C=O) groups is 1. The molecule has 4 rings (SSSR count). The molecule has 1 aliphatic heterocycles. The van der Waals surface area contributed by atoms with Gasteiger partial charge in [0.1, 0.15) is 22.7 Å². The van der Waals surface area contributed by atoms with Crippen LogP contribution in [0.15, 0.2) is 77.7 Å². The number of benzene rings is 3. The summed E-state index contributed by atoms with van der Waals surface area (Å²) in [5, 5.41) is 0. The first kappa shape index (κ1) is 28.2. The van der Waals surface area contributed by atoms with Gasteiger partial charge in [0, 0.05) is 38.3 Å².